The summed E-state index contributed by atoms with van der Waals surface area (Å²) in [6.07, 6.45) is 2.28. The predicted molar refractivity (Wildman–Crippen MR) is 67.1 cm³/mol. The van der Waals surface area contributed by atoms with Gasteiger partial charge in [0.05, 0.1) is 0 Å². The van der Waals surface area contributed by atoms with E-state index < -0.39 is 11.8 Å². The van der Waals surface area contributed by atoms with Crippen molar-refractivity contribution in [3.05, 3.63) is 24.4 Å². The molecule has 0 unspecified atom stereocenters. The first-order valence-corrected chi connectivity index (χ1v) is 5.91. The third-order valence-electron chi connectivity index (χ3n) is 2.85. The molecule has 1 aromatic rings. The van der Waals surface area contributed by atoms with Crippen LogP contribution in [-0.2, 0) is 14.4 Å². The molecule has 0 aromatic carbocycles. The Morgan fingerprint density at radius 3 is 2.53 bits per heavy atom. The van der Waals surface area contributed by atoms with E-state index >= 15 is 0 Å². The lowest BCUT2D eigenvalue weighted by atomic mass is 10.3. The molecule has 1 aliphatic heterocycles. The topological polar surface area (TPSA) is 82.6 Å². The highest BCUT2D eigenvalue weighted by atomic mass is 16.2. The summed E-state index contributed by atoms with van der Waals surface area (Å²) in [5.41, 5.74) is 0. The van der Waals surface area contributed by atoms with Crippen LogP contribution in [0, 0.1) is 0 Å². The molecule has 2 heterocycles. The van der Waals surface area contributed by atoms with E-state index in [0.717, 1.165) is 6.41 Å². The molecule has 7 nitrogen and oxygen atoms in total. The van der Waals surface area contributed by atoms with Gasteiger partial charge in [-0.05, 0) is 12.1 Å². The average molecular weight is 262 g/mol. The molecule has 0 aliphatic carbocycles. The molecule has 100 valence electrons. The molecule has 7 heteroatoms. The highest BCUT2D eigenvalue weighted by Gasteiger charge is 2.25. The second-order valence-electron chi connectivity index (χ2n) is 4.10. The number of nitrogens with zero attached hydrogens (tertiary/aromatic N) is 3. The van der Waals surface area contributed by atoms with E-state index in [4.69, 9.17) is 0 Å². The largest absolute Gasteiger partial charge is 0.342 e. The second-order valence-corrected chi connectivity index (χ2v) is 4.10. The molecule has 2 rings (SSSR count). The van der Waals surface area contributed by atoms with Gasteiger partial charge in [0.15, 0.2) is 0 Å². The van der Waals surface area contributed by atoms with Gasteiger partial charge in [-0.1, -0.05) is 6.07 Å². The predicted octanol–water partition coefficient (Wildman–Crippen LogP) is -0.679. The van der Waals surface area contributed by atoms with Crippen molar-refractivity contribution in [3.8, 4) is 0 Å². The molecule has 3 amide bonds. The Bertz CT molecular complexity index is 469. The van der Waals surface area contributed by atoms with Gasteiger partial charge in [0.1, 0.15) is 5.82 Å². The maximum absolute atomic E-state index is 11.9. The summed E-state index contributed by atoms with van der Waals surface area (Å²) in [4.78, 5) is 41.1. The first kappa shape index (κ1) is 13.0. The first-order valence-electron chi connectivity index (χ1n) is 5.91. The SMILES string of the molecule is O=CN1CCN(C(=O)C(=O)Nc2ccccn2)CC1. The van der Waals surface area contributed by atoms with Crippen LogP contribution >= 0.6 is 0 Å². The van der Waals surface area contributed by atoms with Crippen LogP contribution in [0.3, 0.4) is 0 Å². The van der Waals surface area contributed by atoms with Crippen LogP contribution < -0.4 is 5.32 Å². The highest BCUT2D eigenvalue weighted by Crippen LogP contribution is 2.03. The van der Waals surface area contributed by atoms with Crippen LogP contribution in [0.25, 0.3) is 0 Å². The lowest BCUT2D eigenvalue weighted by molar-refractivity contribution is -0.144. The zero-order valence-electron chi connectivity index (χ0n) is 10.3. The third kappa shape index (κ3) is 3.27. The smallest absolute Gasteiger partial charge is 0.315 e. The summed E-state index contributed by atoms with van der Waals surface area (Å²) < 4.78 is 0. The van der Waals surface area contributed by atoms with Gasteiger partial charge < -0.3 is 15.1 Å². The summed E-state index contributed by atoms with van der Waals surface area (Å²) in [7, 11) is 0. The molecule has 0 atom stereocenters. The van der Waals surface area contributed by atoms with E-state index in [-0.39, 0.29) is 0 Å². The van der Waals surface area contributed by atoms with Crippen LogP contribution in [0.2, 0.25) is 0 Å². The number of piperazine rings is 1. The van der Waals surface area contributed by atoms with Gasteiger partial charge in [0.25, 0.3) is 0 Å². The van der Waals surface area contributed by atoms with Crippen molar-refractivity contribution in [2.75, 3.05) is 31.5 Å². The number of aromatic nitrogens is 1. The molecular weight excluding hydrogens is 248 g/mol. The number of carbonyl (C=O) groups excluding carboxylic acids is 3. The summed E-state index contributed by atoms with van der Waals surface area (Å²) in [6.45, 7) is 1.64. The molecule has 1 aliphatic rings. The van der Waals surface area contributed by atoms with Crippen molar-refractivity contribution < 1.29 is 14.4 Å². The second kappa shape index (κ2) is 5.94. The monoisotopic (exact) mass is 262 g/mol. The maximum atomic E-state index is 11.9. The third-order valence-corrected chi connectivity index (χ3v) is 2.85. The fourth-order valence-electron chi connectivity index (χ4n) is 1.78. The van der Waals surface area contributed by atoms with Crippen molar-refractivity contribution >= 4 is 24.0 Å². The molecular formula is C12H14N4O3. The van der Waals surface area contributed by atoms with Crippen molar-refractivity contribution in [1.29, 1.82) is 0 Å². The normalized spacial score (nSPS) is 14.9. The number of rotatable bonds is 2. The number of anilines is 1. The number of carbonyl (C=O) groups is 3. The molecule has 19 heavy (non-hydrogen) atoms. The minimum absolute atomic E-state index is 0.340. The lowest BCUT2D eigenvalue weighted by Crippen LogP contribution is -2.51. The Labute approximate surface area is 110 Å². The van der Waals surface area contributed by atoms with E-state index in [0.29, 0.717) is 32.0 Å². The van der Waals surface area contributed by atoms with Gasteiger partial charge in [-0.25, -0.2) is 4.98 Å². The van der Waals surface area contributed by atoms with Gasteiger partial charge >= 0.3 is 11.8 Å². The lowest BCUT2D eigenvalue weighted by Gasteiger charge is -2.31. The van der Waals surface area contributed by atoms with Gasteiger partial charge in [-0.15, -0.1) is 0 Å². The van der Waals surface area contributed by atoms with E-state index in [1.165, 1.54) is 11.1 Å². The molecule has 0 saturated carbocycles. The highest BCUT2D eigenvalue weighted by molar-refractivity contribution is 6.39. The summed E-state index contributed by atoms with van der Waals surface area (Å²) in [5, 5.41) is 2.44. The zero-order valence-corrected chi connectivity index (χ0v) is 10.3. The summed E-state index contributed by atoms with van der Waals surface area (Å²) in [5.74, 6) is -0.971. The quantitative estimate of drug-likeness (QED) is 0.565. The van der Waals surface area contributed by atoms with E-state index in [2.05, 4.69) is 10.3 Å². The first-order chi connectivity index (χ1) is 9.20. The number of nitrogens with one attached hydrogen (secondary N) is 1. The number of hydrogen-bond donors (Lipinski definition) is 1. The van der Waals surface area contributed by atoms with Gasteiger partial charge in [-0.3, -0.25) is 14.4 Å². The fourth-order valence-corrected chi connectivity index (χ4v) is 1.78. The van der Waals surface area contributed by atoms with E-state index in [1.807, 2.05) is 0 Å². The number of hydrogen-bond acceptors (Lipinski definition) is 4. The zero-order chi connectivity index (χ0) is 13.7. The van der Waals surface area contributed by atoms with E-state index in [1.54, 1.807) is 23.1 Å². The molecule has 0 spiro atoms. The van der Waals surface area contributed by atoms with Crippen LogP contribution in [0.15, 0.2) is 24.4 Å². The summed E-state index contributed by atoms with van der Waals surface area (Å²) >= 11 is 0. The Morgan fingerprint density at radius 2 is 1.95 bits per heavy atom. The van der Waals surface area contributed by atoms with Gasteiger partial charge in [0.2, 0.25) is 6.41 Å². The minimum atomic E-state index is -0.710. The maximum Gasteiger partial charge on any atom is 0.315 e. The van der Waals surface area contributed by atoms with Crippen LogP contribution in [0.1, 0.15) is 0 Å². The number of amides is 3. The van der Waals surface area contributed by atoms with Gasteiger partial charge in [-0.2, -0.15) is 0 Å². The van der Waals surface area contributed by atoms with Gasteiger partial charge in [0, 0.05) is 32.4 Å². The molecule has 0 bridgehead atoms. The molecule has 1 saturated heterocycles. The molecule has 1 N–H and O–H groups in total. The molecule has 1 fully saturated rings. The Hall–Kier alpha value is -2.44. The van der Waals surface area contributed by atoms with Crippen molar-refractivity contribution in [2.45, 2.75) is 0 Å². The number of pyridine rings is 1. The Balaban J connectivity index is 1.89. The average Bonchev–Trinajstić information content (AvgIpc) is 2.47. The van der Waals surface area contributed by atoms with Crippen molar-refractivity contribution in [2.24, 2.45) is 0 Å². The Kier molecular flexibility index (Phi) is 4.07. The van der Waals surface area contributed by atoms with Crippen LogP contribution in [-0.4, -0.2) is 59.2 Å². The Morgan fingerprint density at radius 1 is 1.21 bits per heavy atom. The van der Waals surface area contributed by atoms with E-state index in [9.17, 15) is 14.4 Å². The summed E-state index contributed by atoms with van der Waals surface area (Å²) in [6, 6.07) is 5.04. The molecule has 0 radical (unpaired) electrons. The van der Waals surface area contributed by atoms with Crippen LogP contribution in [0.5, 0.6) is 0 Å². The molecule has 1 aromatic heterocycles. The van der Waals surface area contributed by atoms with Crippen molar-refractivity contribution in [3.63, 3.8) is 0 Å². The minimum Gasteiger partial charge on any atom is -0.342 e. The van der Waals surface area contributed by atoms with Crippen LogP contribution in [0.4, 0.5) is 5.82 Å². The fraction of sp³-hybridized carbons (Fsp3) is 0.333. The standard InChI is InChI=1S/C12H14N4O3/c17-9-15-5-7-16(8-6-15)12(19)11(18)14-10-3-1-2-4-13-10/h1-4,9H,5-8H2,(H,13,14,18). The van der Waals surface area contributed by atoms with Crippen molar-refractivity contribution in [1.82, 2.24) is 14.8 Å².